The van der Waals surface area contributed by atoms with Crippen LogP contribution in [-0.4, -0.2) is 6.18 Å². The van der Waals surface area contributed by atoms with E-state index in [-0.39, 0.29) is 10.6 Å². The van der Waals surface area contributed by atoms with Crippen LogP contribution in [-0.2, 0) is 12.3 Å². The molecule has 2 aromatic rings. The van der Waals surface area contributed by atoms with Crippen LogP contribution in [0.15, 0.2) is 30.3 Å². The van der Waals surface area contributed by atoms with E-state index in [1.54, 1.807) is 19.1 Å². The number of halogens is 6. The molecular formula is C17H13ClF5. The third kappa shape index (κ3) is 3.34. The van der Waals surface area contributed by atoms with E-state index >= 15 is 0 Å². The lowest BCUT2D eigenvalue weighted by atomic mass is 9.94. The maximum atomic E-state index is 13.6. The van der Waals surface area contributed by atoms with Crippen LogP contribution in [0.5, 0.6) is 0 Å². The number of benzene rings is 2. The molecule has 2 aromatic carbocycles. The van der Waals surface area contributed by atoms with Gasteiger partial charge in [-0.05, 0) is 48.2 Å². The molecule has 0 aliphatic rings. The van der Waals surface area contributed by atoms with Gasteiger partial charge >= 0.3 is 12.1 Å². The molecule has 23 heavy (non-hydrogen) atoms. The molecule has 0 saturated heterocycles. The zero-order valence-corrected chi connectivity index (χ0v) is 13.1. The molecule has 0 spiro atoms. The van der Waals surface area contributed by atoms with E-state index in [1.165, 1.54) is 0 Å². The van der Waals surface area contributed by atoms with Gasteiger partial charge in [-0.2, -0.15) is 22.0 Å². The third-order valence-corrected chi connectivity index (χ3v) is 3.92. The molecule has 6 heteroatoms. The van der Waals surface area contributed by atoms with E-state index in [2.05, 4.69) is 6.07 Å². The van der Waals surface area contributed by atoms with E-state index in [0.717, 1.165) is 17.7 Å². The Labute approximate surface area is 135 Å². The zero-order valence-electron chi connectivity index (χ0n) is 12.4. The summed E-state index contributed by atoms with van der Waals surface area (Å²) in [4.78, 5) is 0. The Morgan fingerprint density at radius 2 is 1.70 bits per heavy atom. The first-order valence-corrected chi connectivity index (χ1v) is 7.22. The quantitative estimate of drug-likeness (QED) is 0.569. The monoisotopic (exact) mass is 347 g/mol. The molecule has 0 aliphatic heterocycles. The minimum absolute atomic E-state index is 0.108. The number of hydrogen-bond donors (Lipinski definition) is 0. The van der Waals surface area contributed by atoms with Crippen molar-refractivity contribution in [2.75, 3.05) is 0 Å². The molecule has 0 N–H and O–H groups in total. The Hall–Kier alpha value is -1.62. The van der Waals surface area contributed by atoms with Crippen molar-refractivity contribution < 1.29 is 22.0 Å². The minimum atomic E-state index is -5.66. The van der Waals surface area contributed by atoms with Gasteiger partial charge in [0.2, 0.25) is 0 Å². The van der Waals surface area contributed by atoms with Crippen molar-refractivity contribution in [2.24, 2.45) is 0 Å². The summed E-state index contributed by atoms with van der Waals surface area (Å²) < 4.78 is 64.8. The largest absolute Gasteiger partial charge is 0.458 e. The standard InChI is InChI=1S/C17H13ClF5/c1-3-11-5-4-10(2)13(8-11)14-9-12(6-7-15(14)18)16(19,20)17(21,22)23/h5-9H,3H2,1-2H3. The molecule has 0 aromatic heterocycles. The summed E-state index contributed by atoms with van der Waals surface area (Å²) in [6.45, 7) is 3.60. The van der Waals surface area contributed by atoms with Gasteiger partial charge in [0, 0.05) is 16.1 Å². The average molecular weight is 348 g/mol. The topological polar surface area (TPSA) is 0 Å². The van der Waals surface area contributed by atoms with E-state index in [1.807, 2.05) is 6.92 Å². The van der Waals surface area contributed by atoms with Crippen LogP contribution in [0.25, 0.3) is 11.1 Å². The summed E-state index contributed by atoms with van der Waals surface area (Å²) in [6.07, 6.45) is -4.98. The second-order valence-corrected chi connectivity index (χ2v) is 5.57. The number of rotatable bonds is 3. The highest BCUT2D eigenvalue weighted by Gasteiger charge is 2.58. The number of hydrogen-bond acceptors (Lipinski definition) is 0. The highest BCUT2D eigenvalue weighted by molar-refractivity contribution is 6.33. The Kier molecular flexibility index (Phi) is 4.71. The first-order chi connectivity index (χ1) is 10.6. The van der Waals surface area contributed by atoms with Crippen LogP contribution < -0.4 is 0 Å². The van der Waals surface area contributed by atoms with Gasteiger partial charge in [-0.3, -0.25) is 0 Å². The van der Waals surface area contributed by atoms with Crippen molar-refractivity contribution in [3.8, 4) is 11.1 Å². The fraction of sp³-hybridized carbons (Fsp3) is 0.294. The van der Waals surface area contributed by atoms with Crippen molar-refractivity contribution in [2.45, 2.75) is 32.4 Å². The molecular weight excluding hydrogens is 335 g/mol. The van der Waals surface area contributed by atoms with Crippen LogP contribution in [0.3, 0.4) is 0 Å². The molecule has 0 amide bonds. The van der Waals surface area contributed by atoms with E-state index in [4.69, 9.17) is 11.6 Å². The molecule has 0 heterocycles. The SMILES string of the molecule is CCc1c[c]c(C)c(-c2cc(C(F)(F)C(F)(F)F)ccc2Cl)c1. The van der Waals surface area contributed by atoms with Gasteiger partial charge in [-0.15, -0.1) is 0 Å². The van der Waals surface area contributed by atoms with Gasteiger partial charge in [0.05, 0.1) is 0 Å². The fourth-order valence-corrected chi connectivity index (χ4v) is 2.41. The lowest BCUT2D eigenvalue weighted by Crippen LogP contribution is -2.33. The van der Waals surface area contributed by atoms with E-state index < -0.39 is 17.7 Å². The first kappa shape index (κ1) is 17.7. The van der Waals surface area contributed by atoms with Crippen molar-refractivity contribution in [3.63, 3.8) is 0 Å². The van der Waals surface area contributed by atoms with Gasteiger partial charge in [0.1, 0.15) is 0 Å². The first-order valence-electron chi connectivity index (χ1n) is 6.84. The van der Waals surface area contributed by atoms with Gasteiger partial charge in [-0.1, -0.05) is 36.7 Å². The highest BCUT2D eigenvalue weighted by Crippen LogP contribution is 2.45. The van der Waals surface area contributed by atoms with Gasteiger partial charge < -0.3 is 0 Å². The van der Waals surface area contributed by atoms with Gasteiger partial charge in [0.25, 0.3) is 0 Å². The summed E-state index contributed by atoms with van der Waals surface area (Å²) in [6, 6.07) is 8.99. The number of alkyl halides is 5. The molecule has 0 nitrogen and oxygen atoms in total. The van der Waals surface area contributed by atoms with Crippen LogP contribution in [0.1, 0.15) is 23.6 Å². The predicted octanol–water partition coefficient (Wildman–Crippen LogP) is 6.33. The second kappa shape index (κ2) is 6.11. The second-order valence-electron chi connectivity index (χ2n) is 5.17. The molecule has 0 atom stereocenters. The van der Waals surface area contributed by atoms with Crippen molar-refractivity contribution in [1.29, 1.82) is 0 Å². The zero-order chi connectivity index (χ0) is 17.4. The van der Waals surface area contributed by atoms with Crippen LogP contribution in [0, 0.1) is 13.0 Å². The van der Waals surface area contributed by atoms with Gasteiger partial charge in [0.15, 0.2) is 0 Å². The highest BCUT2D eigenvalue weighted by atomic mass is 35.5. The molecule has 2 rings (SSSR count). The maximum absolute atomic E-state index is 13.6. The Morgan fingerprint density at radius 3 is 2.26 bits per heavy atom. The fourth-order valence-electron chi connectivity index (χ4n) is 2.19. The Balaban J connectivity index is 2.64. The smallest absolute Gasteiger partial charge is 0.191 e. The summed E-state index contributed by atoms with van der Waals surface area (Å²) >= 11 is 6.02. The van der Waals surface area contributed by atoms with Crippen molar-refractivity contribution in [3.05, 3.63) is 58.1 Å². The van der Waals surface area contributed by atoms with Crippen LogP contribution >= 0.6 is 11.6 Å². The van der Waals surface area contributed by atoms with Crippen molar-refractivity contribution in [1.82, 2.24) is 0 Å². The predicted molar refractivity (Wildman–Crippen MR) is 79.8 cm³/mol. The lowest BCUT2D eigenvalue weighted by Gasteiger charge is -2.21. The van der Waals surface area contributed by atoms with E-state index in [9.17, 15) is 22.0 Å². The third-order valence-electron chi connectivity index (χ3n) is 3.59. The molecule has 0 bridgehead atoms. The molecule has 123 valence electrons. The summed E-state index contributed by atoms with van der Waals surface area (Å²) in [5.74, 6) is -4.94. The molecule has 0 unspecified atom stereocenters. The van der Waals surface area contributed by atoms with Gasteiger partial charge in [-0.25, -0.2) is 0 Å². The van der Waals surface area contributed by atoms with Crippen LogP contribution in [0.4, 0.5) is 22.0 Å². The summed E-state index contributed by atoms with van der Waals surface area (Å²) in [7, 11) is 0. The lowest BCUT2D eigenvalue weighted by molar-refractivity contribution is -0.289. The normalized spacial score (nSPS) is 12.5. The summed E-state index contributed by atoms with van der Waals surface area (Å²) in [5, 5.41) is 0.108. The molecule has 0 aliphatic carbocycles. The Morgan fingerprint density at radius 1 is 1.04 bits per heavy atom. The molecule has 1 radical (unpaired) electrons. The number of aryl methyl sites for hydroxylation is 2. The molecule has 0 saturated carbocycles. The minimum Gasteiger partial charge on any atom is -0.191 e. The Bertz CT molecular complexity index is 719. The maximum Gasteiger partial charge on any atom is 0.458 e. The van der Waals surface area contributed by atoms with Crippen LogP contribution in [0.2, 0.25) is 5.02 Å². The molecule has 0 fully saturated rings. The summed E-state index contributed by atoms with van der Waals surface area (Å²) in [5.41, 5.74) is 1.00. The average Bonchev–Trinajstić information content (AvgIpc) is 2.47. The van der Waals surface area contributed by atoms with Crippen molar-refractivity contribution >= 4 is 11.6 Å². The van der Waals surface area contributed by atoms with E-state index in [0.29, 0.717) is 23.6 Å².